The van der Waals surface area contributed by atoms with Crippen molar-refractivity contribution >= 4 is 36.2 Å². The van der Waals surface area contributed by atoms with Gasteiger partial charge in [0.15, 0.2) is 0 Å². The molecule has 0 spiro atoms. The fourth-order valence-corrected chi connectivity index (χ4v) is 2.98. The minimum atomic E-state index is -0.478. The van der Waals surface area contributed by atoms with E-state index in [2.05, 4.69) is 44.4 Å². The Labute approximate surface area is 193 Å². The summed E-state index contributed by atoms with van der Waals surface area (Å²) in [4.78, 5) is 22.5. The molecule has 0 atom stereocenters. The van der Waals surface area contributed by atoms with Crippen molar-refractivity contribution < 1.29 is 19.1 Å². The molecule has 0 aliphatic heterocycles. The Bertz CT molecular complexity index is 1210. The number of aryl methyl sites for hydroxylation is 1. The average molecular weight is 437 g/mol. The quantitative estimate of drug-likeness (QED) is 0.175. The number of benzene rings is 3. The minimum absolute atomic E-state index is 0.478. The molecule has 3 aromatic carbocycles. The lowest BCUT2D eigenvalue weighted by Gasteiger charge is -2.04. The molecule has 164 valence electrons. The first-order chi connectivity index (χ1) is 16.0. The maximum atomic E-state index is 11.2. The first-order valence-corrected chi connectivity index (χ1v) is 10.3. The molecule has 33 heavy (non-hydrogen) atoms. The van der Waals surface area contributed by atoms with Gasteiger partial charge in [-0.15, -0.1) is 0 Å². The van der Waals surface area contributed by atoms with Crippen molar-refractivity contribution in [3.63, 3.8) is 0 Å². The summed E-state index contributed by atoms with van der Waals surface area (Å²) >= 11 is 0. The Balaban J connectivity index is 1.63. The van der Waals surface area contributed by atoms with E-state index in [4.69, 9.17) is 9.47 Å². The van der Waals surface area contributed by atoms with Gasteiger partial charge in [-0.2, -0.15) is 0 Å². The summed E-state index contributed by atoms with van der Waals surface area (Å²) in [7, 11) is 0. The summed E-state index contributed by atoms with van der Waals surface area (Å²) in [6.45, 7) is 8.84. The second-order valence-electron chi connectivity index (χ2n) is 7.17. The number of carbonyl (C=O) groups excluding carboxylic acids is 2. The SMILES string of the molecule is C=CC(=O)Oc1ccc(C=Cc2ccc(C=Cc3ccc(OC(=O)C=C)cc3)c(C)c2)cc1. The third-order valence-corrected chi connectivity index (χ3v) is 4.75. The molecule has 4 heteroatoms. The van der Waals surface area contributed by atoms with Gasteiger partial charge in [0.05, 0.1) is 0 Å². The van der Waals surface area contributed by atoms with Crippen LogP contribution in [0.15, 0.2) is 92.0 Å². The molecule has 0 saturated carbocycles. The van der Waals surface area contributed by atoms with Crippen molar-refractivity contribution in [2.24, 2.45) is 0 Å². The fraction of sp³-hybridized carbons (Fsp3) is 0.0345. The van der Waals surface area contributed by atoms with E-state index in [1.807, 2.05) is 42.5 Å². The van der Waals surface area contributed by atoms with Crippen molar-refractivity contribution in [2.45, 2.75) is 6.92 Å². The average Bonchev–Trinajstić information content (AvgIpc) is 2.83. The fourth-order valence-electron chi connectivity index (χ4n) is 2.98. The van der Waals surface area contributed by atoms with E-state index in [0.717, 1.165) is 40.0 Å². The van der Waals surface area contributed by atoms with Crippen LogP contribution >= 0.6 is 0 Å². The Morgan fingerprint density at radius 3 is 1.52 bits per heavy atom. The maximum Gasteiger partial charge on any atom is 0.335 e. The van der Waals surface area contributed by atoms with Gasteiger partial charge >= 0.3 is 11.9 Å². The predicted molar refractivity (Wildman–Crippen MR) is 134 cm³/mol. The van der Waals surface area contributed by atoms with Crippen LogP contribution in [0.1, 0.15) is 27.8 Å². The van der Waals surface area contributed by atoms with E-state index in [0.29, 0.717) is 11.5 Å². The van der Waals surface area contributed by atoms with E-state index in [1.54, 1.807) is 24.3 Å². The van der Waals surface area contributed by atoms with Crippen LogP contribution in [0, 0.1) is 6.92 Å². The van der Waals surface area contributed by atoms with Gasteiger partial charge in [0.25, 0.3) is 0 Å². The molecule has 0 amide bonds. The van der Waals surface area contributed by atoms with Crippen LogP contribution in [0.25, 0.3) is 24.3 Å². The van der Waals surface area contributed by atoms with Crippen LogP contribution in [0.3, 0.4) is 0 Å². The molecule has 0 bridgehead atoms. The second kappa shape index (κ2) is 11.3. The van der Waals surface area contributed by atoms with E-state index in [1.165, 1.54) is 0 Å². The van der Waals surface area contributed by atoms with Gasteiger partial charge in [-0.1, -0.05) is 79.9 Å². The molecule has 0 heterocycles. The minimum Gasteiger partial charge on any atom is -0.423 e. The summed E-state index contributed by atoms with van der Waals surface area (Å²) in [6.07, 6.45) is 10.4. The highest BCUT2D eigenvalue weighted by Crippen LogP contribution is 2.19. The lowest BCUT2D eigenvalue weighted by Crippen LogP contribution is -2.02. The van der Waals surface area contributed by atoms with Gasteiger partial charge in [-0.25, -0.2) is 9.59 Å². The van der Waals surface area contributed by atoms with Crippen molar-refractivity contribution in [1.29, 1.82) is 0 Å². The molecule has 0 saturated heterocycles. The summed E-state index contributed by atoms with van der Waals surface area (Å²) in [5.41, 5.74) is 5.34. The number of esters is 2. The number of ether oxygens (including phenoxy) is 2. The lowest BCUT2D eigenvalue weighted by molar-refractivity contribution is -0.129. The summed E-state index contributed by atoms with van der Waals surface area (Å²) in [5, 5.41) is 0. The normalized spacial score (nSPS) is 10.8. The van der Waals surface area contributed by atoms with Crippen molar-refractivity contribution in [1.82, 2.24) is 0 Å². The van der Waals surface area contributed by atoms with Crippen LogP contribution in [0.2, 0.25) is 0 Å². The standard InChI is InChI=1S/C29H24O4/c1-4-28(30)32-26-16-10-22(11-17-26)6-7-24-9-15-25(21(3)20-24)14-8-23-12-18-27(19-13-23)33-29(31)5-2/h4-20H,1-2H2,3H3. The van der Waals surface area contributed by atoms with Gasteiger partial charge in [0, 0.05) is 12.2 Å². The largest absolute Gasteiger partial charge is 0.423 e. The Morgan fingerprint density at radius 2 is 1.06 bits per heavy atom. The molecule has 4 nitrogen and oxygen atoms in total. The molecule has 0 aliphatic rings. The third kappa shape index (κ3) is 7.04. The van der Waals surface area contributed by atoms with Crippen LogP contribution < -0.4 is 9.47 Å². The van der Waals surface area contributed by atoms with Crippen LogP contribution in [0.4, 0.5) is 0 Å². The van der Waals surface area contributed by atoms with E-state index in [-0.39, 0.29) is 0 Å². The zero-order valence-corrected chi connectivity index (χ0v) is 18.4. The predicted octanol–water partition coefficient (Wildman–Crippen LogP) is 6.52. The number of hydrogen-bond acceptors (Lipinski definition) is 4. The lowest BCUT2D eigenvalue weighted by atomic mass is 10.0. The zero-order valence-electron chi connectivity index (χ0n) is 18.4. The maximum absolute atomic E-state index is 11.2. The van der Waals surface area contributed by atoms with Crippen LogP contribution in [0.5, 0.6) is 11.5 Å². The first kappa shape index (κ1) is 23.2. The molecular formula is C29H24O4. The van der Waals surface area contributed by atoms with E-state index >= 15 is 0 Å². The van der Waals surface area contributed by atoms with Gasteiger partial charge < -0.3 is 9.47 Å². The first-order valence-electron chi connectivity index (χ1n) is 10.3. The van der Waals surface area contributed by atoms with Gasteiger partial charge in [0.2, 0.25) is 0 Å². The summed E-state index contributed by atoms with van der Waals surface area (Å²) in [6, 6.07) is 20.8. The Hall–Kier alpha value is -4.44. The van der Waals surface area contributed by atoms with Gasteiger partial charge in [0.1, 0.15) is 11.5 Å². The topological polar surface area (TPSA) is 52.6 Å². The molecule has 0 unspecified atom stereocenters. The molecule has 3 aromatic rings. The monoisotopic (exact) mass is 436 g/mol. The highest BCUT2D eigenvalue weighted by Gasteiger charge is 2.01. The van der Waals surface area contributed by atoms with Crippen molar-refractivity contribution in [3.05, 3.63) is 120 Å². The number of carbonyl (C=O) groups is 2. The van der Waals surface area contributed by atoms with Crippen LogP contribution in [-0.4, -0.2) is 11.9 Å². The molecule has 0 radical (unpaired) electrons. The second-order valence-corrected chi connectivity index (χ2v) is 7.17. The van der Waals surface area contributed by atoms with Crippen molar-refractivity contribution in [2.75, 3.05) is 0 Å². The third-order valence-electron chi connectivity index (χ3n) is 4.75. The molecule has 3 rings (SSSR count). The summed E-state index contributed by atoms with van der Waals surface area (Å²) in [5.74, 6) is 0.0104. The van der Waals surface area contributed by atoms with Crippen LogP contribution in [-0.2, 0) is 9.59 Å². The van der Waals surface area contributed by atoms with Gasteiger partial charge in [-0.05, 0) is 59.0 Å². The van der Waals surface area contributed by atoms with E-state index < -0.39 is 11.9 Å². The zero-order chi connectivity index (χ0) is 23.6. The molecule has 0 aromatic heterocycles. The smallest absolute Gasteiger partial charge is 0.335 e. The van der Waals surface area contributed by atoms with Gasteiger partial charge in [-0.3, -0.25) is 0 Å². The Morgan fingerprint density at radius 1 is 0.636 bits per heavy atom. The number of hydrogen-bond donors (Lipinski definition) is 0. The van der Waals surface area contributed by atoms with E-state index in [9.17, 15) is 9.59 Å². The van der Waals surface area contributed by atoms with Crippen molar-refractivity contribution in [3.8, 4) is 11.5 Å². The molecular weight excluding hydrogens is 412 g/mol. The molecule has 0 aliphatic carbocycles. The molecule has 0 fully saturated rings. The highest BCUT2D eigenvalue weighted by molar-refractivity contribution is 5.84. The summed E-state index contributed by atoms with van der Waals surface area (Å²) < 4.78 is 10.2. The Kier molecular flexibility index (Phi) is 7.92. The number of rotatable bonds is 8. The molecule has 0 N–H and O–H groups in total. The highest BCUT2D eigenvalue weighted by atomic mass is 16.5.